The SMILES string of the molecule is CCCn1nc(C)c(C(=O)N2CCOC(c3ccncc3)C2)c1C. The summed E-state index contributed by atoms with van der Waals surface area (Å²) in [5, 5.41) is 4.52. The highest BCUT2D eigenvalue weighted by atomic mass is 16.5. The number of amides is 1. The molecule has 1 aliphatic heterocycles. The van der Waals surface area contributed by atoms with E-state index in [9.17, 15) is 4.79 Å². The summed E-state index contributed by atoms with van der Waals surface area (Å²) < 4.78 is 7.78. The van der Waals surface area contributed by atoms with Crippen LogP contribution in [-0.4, -0.2) is 45.3 Å². The van der Waals surface area contributed by atoms with Crippen LogP contribution < -0.4 is 0 Å². The van der Waals surface area contributed by atoms with Crippen molar-refractivity contribution in [1.29, 1.82) is 0 Å². The number of hydrogen-bond donors (Lipinski definition) is 0. The van der Waals surface area contributed by atoms with E-state index in [0.29, 0.717) is 19.7 Å². The summed E-state index contributed by atoms with van der Waals surface area (Å²) in [5.74, 6) is 0.0507. The predicted molar refractivity (Wildman–Crippen MR) is 90.8 cm³/mol. The van der Waals surface area contributed by atoms with Crippen molar-refractivity contribution in [3.8, 4) is 0 Å². The summed E-state index contributed by atoms with van der Waals surface area (Å²) >= 11 is 0. The van der Waals surface area contributed by atoms with Crippen LogP contribution in [0.15, 0.2) is 24.5 Å². The summed E-state index contributed by atoms with van der Waals surface area (Å²) in [4.78, 5) is 19.0. The third-order valence-corrected chi connectivity index (χ3v) is 4.46. The van der Waals surface area contributed by atoms with Crippen LogP contribution in [0.1, 0.15) is 46.8 Å². The van der Waals surface area contributed by atoms with E-state index in [2.05, 4.69) is 17.0 Å². The van der Waals surface area contributed by atoms with Crippen molar-refractivity contribution in [2.75, 3.05) is 19.7 Å². The molecule has 0 spiro atoms. The van der Waals surface area contributed by atoms with Crippen LogP contribution in [0.2, 0.25) is 0 Å². The minimum Gasteiger partial charge on any atom is -0.370 e. The third kappa shape index (κ3) is 3.19. The average molecular weight is 328 g/mol. The van der Waals surface area contributed by atoms with Gasteiger partial charge < -0.3 is 9.64 Å². The maximum atomic E-state index is 13.0. The van der Waals surface area contributed by atoms with E-state index in [1.165, 1.54) is 0 Å². The van der Waals surface area contributed by atoms with Crippen LogP contribution in [0, 0.1) is 13.8 Å². The molecular formula is C18H24N4O2. The first-order valence-electron chi connectivity index (χ1n) is 8.46. The molecule has 0 radical (unpaired) electrons. The molecule has 6 nitrogen and oxygen atoms in total. The van der Waals surface area contributed by atoms with Crippen molar-refractivity contribution in [2.24, 2.45) is 0 Å². The zero-order chi connectivity index (χ0) is 17.1. The van der Waals surface area contributed by atoms with E-state index in [0.717, 1.165) is 35.5 Å². The molecule has 1 atom stereocenters. The number of ether oxygens (including phenoxy) is 1. The van der Waals surface area contributed by atoms with Crippen molar-refractivity contribution >= 4 is 5.91 Å². The molecule has 128 valence electrons. The molecule has 0 aromatic carbocycles. The average Bonchev–Trinajstić information content (AvgIpc) is 2.89. The zero-order valence-corrected chi connectivity index (χ0v) is 14.5. The summed E-state index contributed by atoms with van der Waals surface area (Å²) in [6.07, 6.45) is 4.40. The first kappa shape index (κ1) is 16.6. The van der Waals surface area contributed by atoms with Gasteiger partial charge in [-0.3, -0.25) is 14.5 Å². The third-order valence-electron chi connectivity index (χ3n) is 4.46. The van der Waals surface area contributed by atoms with Crippen LogP contribution in [0.5, 0.6) is 0 Å². The molecule has 0 bridgehead atoms. The Kier molecular flexibility index (Phi) is 4.94. The van der Waals surface area contributed by atoms with Crippen LogP contribution in [0.4, 0.5) is 0 Å². The van der Waals surface area contributed by atoms with Gasteiger partial charge in [-0.2, -0.15) is 5.10 Å². The minimum atomic E-state index is -0.100. The number of nitrogens with zero attached hydrogens (tertiary/aromatic N) is 4. The molecule has 24 heavy (non-hydrogen) atoms. The second-order valence-corrected chi connectivity index (χ2v) is 6.16. The van der Waals surface area contributed by atoms with E-state index < -0.39 is 0 Å². The lowest BCUT2D eigenvalue weighted by Crippen LogP contribution is -2.42. The fourth-order valence-electron chi connectivity index (χ4n) is 3.21. The Bertz CT molecular complexity index is 711. The topological polar surface area (TPSA) is 60.2 Å². The highest BCUT2D eigenvalue weighted by Crippen LogP contribution is 2.24. The number of hydrogen-bond acceptors (Lipinski definition) is 4. The molecule has 0 saturated carbocycles. The van der Waals surface area contributed by atoms with Crippen molar-refractivity contribution < 1.29 is 9.53 Å². The van der Waals surface area contributed by atoms with Crippen LogP contribution in [0.25, 0.3) is 0 Å². The number of carbonyl (C=O) groups is 1. The maximum absolute atomic E-state index is 13.0. The molecule has 2 aromatic heterocycles. The standard InChI is InChI=1S/C18H24N4O2/c1-4-9-22-14(3)17(13(2)20-22)18(23)21-10-11-24-16(12-21)15-5-7-19-8-6-15/h5-8,16H,4,9-12H2,1-3H3. The molecule has 2 aromatic rings. The van der Waals surface area contributed by atoms with Gasteiger partial charge in [-0.1, -0.05) is 6.92 Å². The molecule has 3 heterocycles. The van der Waals surface area contributed by atoms with Crippen LogP contribution in [0.3, 0.4) is 0 Å². The molecule has 1 unspecified atom stereocenters. The number of carbonyl (C=O) groups excluding carboxylic acids is 1. The van der Waals surface area contributed by atoms with Gasteiger partial charge in [0.05, 0.1) is 24.4 Å². The number of pyridine rings is 1. The maximum Gasteiger partial charge on any atom is 0.257 e. The fraction of sp³-hybridized carbons (Fsp3) is 0.500. The van der Waals surface area contributed by atoms with Gasteiger partial charge in [-0.05, 0) is 38.0 Å². The lowest BCUT2D eigenvalue weighted by molar-refractivity contribution is -0.0229. The molecule has 1 amide bonds. The van der Waals surface area contributed by atoms with E-state index in [1.54, 1.807) is 12.4 Å². The van der Waals surface area contributed by atoms with E-state index >= 15 is 0 Å². The molecular weight excluding hydrogens is 304 g/mol. The molecule has 3 rings (SSSR count). The Morgan fingerprint density at radius 3 is 2.79 bits per heavy atom. The molecule has 1 fully saturated rings. The van der Waals surface area contributed by atoms with E-state index in [-0.39, 0.29) is 12.0 Å². The summed E-state index contributed by atoms with van der Waals surface area (Å²) in [7, 11) is 0. The Morgan fingerprint density at radius 2 is 2.08 bits per heavy atom. The second-order valence-electron chi connectivity index (χ2n) is 6.16. The Hall–Kier alpha value is -2.21. The molecule has 0 N–H and O–H groups in total. The van der Waals surface area contributed by atoms with Crippen molar-refractivity contribution in [2.45, 2.75) is 39.8 Å². The number of aryl methyl sites for hydroxylation is 2. The van der Waals surface area contributed by atoms with Crippen molar-refractivity contribution in [3.05, 3.63) is 47.0 Å². The number of rotatable bonds is 4. The second kappa shape index (κ2) is 7.13. The van der Waals surface area contributed by atoms with Gasteiger partial charge in [0.15, 0.2) is 0 Å². The van der Waals surface area contributed by atoms with Crippen molar-refractivity contribution in [3.63, 3.8) is 0 Å². The lowest BCUT2D eigenvalue weighted by atomic mass is 10.1. The van der Waals surface area contributed by atoms with Gasteiger partial charge in [-0.15, -0.1) is 0 Å². The van der Waals surface area contributed by atoms with Gasteiger partial charge in [0, 0.05) is 31.2 Å². The summed E-state index contributed by atoms with van der Waals surface area (Å²) in [6, 6.07) is 3.88. The predicted octanol–water partition coefficient (Wildman–Crippen LogP) is 2.52. The van der Waals surface area contributed by atoms with Gasteiger partial charge in [0.1, 0.15) is 6.10 Å². The fourth-order valence-corrected chi connectivity index (χ4v) is 3.21. The molecule has 0 aliphatic carbocycles. The van der Waals surface area contributed by atoms with Crippen molar-refractivity contribution in [1.82, 2.24) is 19.7 Å². The van der Waals surface area contributed by atoms with Gasteiger partial charge in [0.25, 0.3) is 5.91 Å². The zero-order valence-electron chi connectivity index (χ0n) is 14.5. The number of morpholine rings is 1. The van der Waals surface area contributed by atoms with Crippen LogP contribution in [-0.2, 0) is 11.3 Å². The minimum absolute atomic E-state index is 0.0507. The van der Waals surface area contributed by atoms with E-state index in [4.69, 9.17) is 4.74 Å². The monoisotopic (exact) mass is 328 g/mol. The first-order valence-corrected chi connectivity index (χ1v) is 8.46. The van der Waals surface area contributed by atoms with Crippen LogP contribution >= 0.6 is 0 Å². The normalized spacial score (nSPS) is 18.0. The number of aromatic nitrogens is 3. The quantitative estimate of drug-likeness (QED) is 0.865. The largest absolute Gasteiger partial charge is 0.370 e. The molecule has 1 saturated heterocycles. The first-order chi connectivity index (χ1) is 11.6. The van der Waals surface area contributed by atoms with Gasteiger partial charge >= 0.3 is 0 Å². The molecule has 1 aliphatic rings. The highest BCUT2D eigenvalue weighted by molar-refractivity contribution is 5.96. The smallest absolute Gasteiger partial charge is 0.257 e. The summed E-state index contributed by atoms with van der Waals surface area (Å²) in [5.41, 5.74) is 3.54. The Morgan fingerprint density at radius 1 is 1.33 bits per heavy atom. The van der Waals surface area contributed by atoms with Gasteiger partial charge in [-0.25, -0.2) is 0 Å². The Balaban J connectivity index is 1.80. The summed E-state index contributed by atoms with van der Waals surface area (Å²) in [6.45, 7) is 8.54. The molecule has 6 heteroatoms. The lowest BCUT2D eigenvalue weighted by Gasteiger charge is -2.33. The Labute approximate surface area is 142 Å². The van der Waals surface area contributed by atoms with Gasteiger partial charge in [0.2, 0.25) is 0 Å². The highest BCUT2D eigenvalue weighted by Gasteiger charge is 2.29. The van der Waals surface area contributed by atoms with E-state index in [1.807, 2.05) is 35.6 Å².